The maximum absolute atomic E-state index is 6.02. The molecule has 2 heteroatoms. The molecule has 3 N–H and O–H groups in total. The van der Waals surface area contributed by atoms with Gasteiger partial charge in [0, 0.05) is 13.1 Å². The van der Waals surface area contributed by atoms with E-state index in [2.05, 4.69) is 12.2 Å². The topological polar surface area (TPSA) is 38.0 Å². The first kappa shape index (κ1) is 13.4. The molecule has 100 valence electrons. The van der Waals surface area contributed by atoms with Gasteiger partial charge < -0.3 is 11.1 Å². The van der Waals surface area contributed by atoms with Crippen molar-refractivity contribution in [1.29, 1.82) is 0 Å². The van der Waals surface area contributed by atoms with Crippen LogP contribution < -0.4 is 11.1 Å². The minimum atomic E-state index is 0.431. The monoisotopic (exact) mass is 238 g/mol. The summed E-state index contributed by atoms with van der Waals surface area (Å²) in [6.45, 7) is 5.58. The number of nitrogens with one attached hydrogen (secondary N) is 1. The first-order valence-electron chi connectivity index (χ1n) is 7.65. The number of rotatable bonds is 7. The molecule has 2 aliphatic carbocycles. The summed E-state index contributed by atoms with van der Waals surface area (Å²) >= 11 is 0. The summed E-state index contributed by atoms with van der Waals surface area (Å²) in [6.07, 6.45) is 12.5. The summed E-state index contributed by atoms with van der Waals surface area (Å²) in [6, 6.07) is 0. The minimum Gasteiger partial charge on any atom is -0.330 e. The van der Waals surface area contributed by atoms with Gasteiger partial charge in [-0.1, -0.05) is 32.6 Å². The molecule has 2 rings (SSSR count). The van der Waals surface area contributed by atoms with Crippen molar-refractivity contribution < 1.29 is 0 Å². The third-order valence-electron chi connectivity index (χ3n) is 5.08. The standard InChI is InChI=1S/C15H30N2/c1-2-6-14(9-10-14)12-17-13-15(11-16)7-4-3-5-8-15/h17H,2-13,16H2,1H3. The number of hydrogen-bond donors (Lipinski definition) is 2. The second-order valence-corrected chi connectivity index (χ2v) is 6.62. The van der Waals surface area contributed by atoms with E-state index < -0.39 is 0 Å². The first-order chi connectivity index (χ1) is 8.24. The Labute approximate surface area is 107 Å². The largest absolute Gasteiger partial charge is 0.330 e. The average molecular weight is 238 g/mol. The van der Waals surface area contributed by atoms with E-state index in [-0.39, 0.29) is 0 Å². The molecular weight excluding hydrogens is 208 g/mol. The van der Waals surface area contributed by atoms with Crippen molar-refractivity contribution in [1.82, 2.24) is 5.32 Å². The Morgan fingerprint density at radius 3 is 2.12 bits per heavy atom. The van der Waals surface area contributed by atoms with Crippen molar-refractivity contribution in [2.75, 3.05) is 19.6 Å². The van der Waals surface area contributed by atoms with E-state index in [1.54, 1.807) is 0 Å². The zero-order chi connectivity index (χ0) is 12.2. The lowest BCUT2D eigenvalue weighted by molar-refractivity contribution is 0.186. The predicted molar refractivity (Wildman–Crippen MR) is 74.0 cm³/mol. The second-order valence-electron chi connectivity index (χ2n) is 6.62. The molecule has 0 atom stereocenters. The third-order valence-corrected chi connectivity index (χ3v) is 5.08. The Morgan fingerprint density at radius 2 is 1.59 bits per heavy atom. The molecule has 2 fully saturated rings. The number of nitrogens with two attached hydrogens (primary N) is 1. The minimum absolute atomic E-state index is 0.431. The molecule has 2 aliphatic rings. The van der Waals surface area contributed by atoms with Gasteiger partial charge in [0.2, 0.25) is 0 Å². The highest BCUT2D eigenvalue weighted by Crippen LogP contribution is 2.49. The Bertz CT molecular complexity index is 227. The molecule has 17 heavy (non-hydrogen) atoms. The number of hydrogen-bond acceptors (Lipinski definition) is 2. The van der Waals surface area contributed by atoms with Crippen molar-refractivity contribution in [3.8, 4) is 0 Å². The van der Waals surface area contributed by atoms with Crippen LogP contribution in [0.15, 0.2) is 0 Å². The van der Waals surface area contributed by atoms with Crippen LogP contribution >= 0.6 is 0 Å². The van der Waals surface area contributed by atoms with Crippen molar-refractivity contribution >= 4 is 0 Å². The third kappa shape index (κ3) is 3.45. The van der Waals surface area contributed by atoms with E-state index >= 15 is 0 Å². The van der Waals surface area contributed by atoms with Crippen LogP contribution in [0.3, 0.4) is 0 Å². The maximum Gasteiger partial charge on any atom is 0.00201 e. The van der Waals surface area contributed by atoms with Crippen LogP contribution in [0, 0.1) is 10.8 Å². The summed E-state index contributed by atoms with van der Waals surface area (Å²) in [5, 5.41) is 3.75. The predicted octanol–water partition coefficient (Wildman–Crippen LogP) is 3.07. The fourth-order valence-electron chi connectivity index (χ4n) is 3.57. The summed E-state index contributed by atoms with van der Waals surface area (Å²) in [5.74, 6) is 0. The summed E-state index contributed by atoms with van der Waals surface area (Å²) in [4.78, 5) is 0. The molecule has 0 spiro atoms. The highest BCUT2D eigenvalue weighted by molar-refractivity contribution is 4.95. The molecule has 0 aromatic rings. The Kier molecular flexibility index (Phi) is 4.48. The average Bonchev–Trinajstić information content (AvgIpc) is 3.11. The van der Waals surface area contributed by atoms with Gasteiger partial charge in [-0.25, -0.2) is 0 Å². The van der Waals surface area contributed by atoms with Gasteiger partial charge in [-0.2, -0.15) is 0 Å². The summed E-state index contributed by atoms with van der Waals surface area (Å²) in [5.41, 5.74) is 7.13. The van der Waals surface area contributed by atoms with E-state index in [0.29, 0.717) is 10.8 Å². The van der Waals surface area contributed by atoms with E-state index in [1.807, 2.05) is 0 Å². The SMILES string of the molecule is CCCC1(CNCC2(CN)CCCCC2)CC1. The van der Waals surface area contributed by atoms with Crippen LogP contribution in [-0.2, 0) is 0 Å². The Morgan fingerprint density at radius 1 is 0.941 bits per heavy atom. The highest BCUT2D eigenvalue weighted by Gasteiger charge is 2.41. The van der Waals surface area contributed by atoms with E-state index in [4.69, 9.17) is 5.73 Å². The van der Waals surface area contributed by atoms with Gasteiger partial charge in [-0.3, -0.25) is 0 Å². The smallest absolute Gasteiger partial charge is 0.00201 e. The fraction of sp³-hybridized carbons (Fsp3) is 1.00. The normalized spacial score (nSPS) is 25.8. The lowest BCUT2D eigenvalue weighted by atomic mass is 9.74. The van der Waals surface area contributed by atoms with Crippen molar-refractivity contribution in [3.63, 3.8) is 0 Å². The van der Waals surface area contributed by atoms with Crippen LogP contribution in [0.25, 0.3) is 0 Å². The molecule has 0 aromatic carbocycles. The van der Waals surface area contributed by atoms with Gasteiger partial charge in [0.1, 0.15) is 0 Å². The van der Waals surface area contributed by atoms with Crippen LogP contribution in [0.1, 0.15) is 64.7 Å². The van der Waals surface area contributed by atoms with Crippen molar-refractivity contribution in [2.24, 2.45) is 16.6 Å². The Balaban J connectivity index is 1.72. The van der Waals surface area contributed by atoms with Gasteiger partial charge in [0.25, 0.3) is 0 Å². The van der Waals surface area contributed by atoms with E-state index in [0.717, 1.165) is 13.1 Å². The summed E-state index contributed by atoms with van der Waals surface area (Å²) < 4.78 is 0. The molecule has 0 bridgehead atoms. The van der Waals surface area contributed by atoms with E-state index in [9.17, 15) is 0 Å². The van der Waals surface area contributed by atoms with Crippen LogP contribution in [0.2, 0.25) is 0 Å². The van der Waals surface area contributed by atoms with Crippen LogP contribution in [-0.4, -0.2) is 19.6 Å². The van der Waals surface area contributed by atoms with Gasteiger partial charge in [0.15, 0.2) is 0 Å². The fourth-order valence-corrected chi connectivity index (χ4v) is 3.57. The lowest BCUT2D eigenvalue weighted by Gasteiger charge is -2.37. The molecule has 0 unspecified atom stereocenters. The molecule has 0 saturated heterocycles. The first-order valence-corrected chi connectivity index (χ1v) is 7.65. The lowest BCUT2D eigenvalue weighted by Crippen LogP contribution is -2.43. The highest BCUT2D eigenvalue weighted by atomic mass is 14.9. The quantitative estimate of drug-likeness (QED) is 0.715. The zero-order valence-electron chi connectivity index (χ0n) is 11.6. The molecule has 0 radical (unpaired) electrons. The van der Waals surface area contributed by atoms with Gasteiger partial charge in [0.05, 0.1) is 0 Å². The van der Waals surface area contributed by atoms with Gasteiger partial charge in [-0.15, -0.1) is 0 Å². The van der Waals surface area contributed by atoms with Crippen LogP contribution in [0.4, 0.5) is 0 Å². The molecule has 2 saturated carbocycles. The van der Waals surface area contributed by atoms with E-state index in [1.165, 1.54) is 64.3 Å². The molecular formula is C15H30N2. The molecule has 0 aliphatic heterocycles. The molecule has 0 heterocycles. The molecule has 0 aromatic heterocycles. The van der Waals surface area contributed by atoms with Gasteiger partial charge in [-0.05, 0) is 49.5 Å². The maximum atomic E-state index is 6.02. The summed E-state index contributed by atoms with van der Waals surface area (Å²) in [7, 11) is 0. The Hall–Kier alpha value is -0.0800. The molecule has 0 amide bonds. The van der Waals surface area contributed by atoms with Crippen molar-refractivity contribution in [2.45, 2.75) is 64.7 Å². The second kappa shape index (κ2) is 5.71. The van der Waals surface area contributed by atoms with Crippen molar-refractivity contribution in [3.05, 3.63) is 0 Å². The zero-order valence-corrected chi connectivity index (χ0v) is 11.6. The van der Waals surface area contributed by atoms with Gasteiger partial charge >= 0.3 is 0 Å². The van der Waals surface area contributed by atoms with Crippen LogP contribution in [0.5, 0.6) is 0 Å². The molecule has 2 nitrogen and oxygen atoms in total.